The van der Waals surface area contributed by atoms with Gasteiger partial charge in [-0.25, -0.2) is 0 Å². The summed E-state index contributed by atoms with van der Waals surface area (Å²) in [4.78, 5) is 0. The van der Waals surface area contributed by atoms with Crippen molar-refractivity contribution in [2.45, 2.75) is 51.6 Å². The molecule has 1 saturated heterocycles. The van der Waals surface area contributed by atoms with Crippen LogP contribution in [0.2, 0.25) is 0 Å². The summed E-state index contributed by atoms with van der Waals surface area (Å²) >= 11 is 0. The maximum atomic E-state index is 10.2. The first kappa shape index (κ1) is 11.0. The molecule has 1 aliphatic heterocycles. The molecule has 0 aliphatic carbocycles. The molecule has 0 aromatic rings. The van der Waals surface area contributed by atoms with Gasteiger partial charge in [-0.15, -0.1) is 0 Å². The molecule has 0 spiro atoms. The van der Waals surface area contributed by atoms with E-state index in [-0.39, 0.29) is 0 Å². The Balaban J connectivity index is 2.36. The number of piperidine rings is 1. The smallest absolute Gasteiger partial charge is 0.0659 e. The third-order valence-electron chi connectivity index (χ3n) is 3.21. The summed E-state index contributed by atoms with van der Waals surface area (Å²) in [6, 6.07) is 0. The van der Waals surface area contributed by atoms with Crippen molar-refractivity contribution >= 4 is 0 Å². The first-order chi connectivity index (χ1) is 6.17. The van der Waals surface area contributed by atoms with Crippen molar-refractivity contribution in [3.05, 3.63) is 0 Å². The summed E-state index contributed by atoms with van der Waals surface area (Å²) in [7, 11) is 0. The molecular weight excluding hydrogens is 162 g/mol. The van der Waals surface area contributed by atoms with Crippen LogP contribution < -0.4 is 5.32 Å². The molecule has 0 bridgehead atoms. The fraction of sp³-hybridized carbons (Fsp3) is 1.00. The summed E-state index contributed by atoms with van der Waals surface area (Å²) in [5.41, 5.74) is -0.441. The van der Waals surface area contributed by atoms with Crippen molar-refractivity contribution in [2.75, 3.05) is 13.1 Å². The van der Waals surface area contributed by atoms with Crippen LogP contribution in [0, 0.1) is 5.92 Å². The van der Waals surface area contributed by atoms with Gasteiger partial charge in [0.25, 0.3) is 0 Å². The number of unbranched alkanes of at least 4 members (excludes halogenated alkanes) is 1. The Morgan fingerprint density at radius 2 is 2.31 bits per heavy atom. The molecule has 2 nitrogen and oxygen atoms in total. The van der Waals surface area contributed by atoms with Crippen LogP contribution in [0.4, 0.5) is 0 Å². The average molecular weight is 185 g/mol. The lowest BCUT2D eigenvalue weighted by molar-refractivity contribution is -0.0195. The zero-order valence-electron chi connectivity index (χ0n) is 8.97. The van der Waals surface area contributed by atoms with Crippen molar-refractivity contribution in [3.8, 4) is 0 Å². The molecule has 0 aromatic heterocycles. The van der Waals surface area contributed by atoms with Crippen LogP contribution in [0.3, 0.4) is 0 Å². The minimum Gasteiger partial charge on any atom is -0.390 e. The maximum Gasteiger partial charge on any atom is 0.0659 e. The van der Waals surface area contributed by atoms with E-state index in [1.54, 1.807) is 0 Å². The zero-order valence-corrected chi connectivity index (χ0v) is 8.97. The summed E-state index contributed by atoms with van der Waals surface area (Å²) in [6.07, 6.45) is 5.67. The van der Waals surface area contributed by atoms with Crippen LogP contribution in [-0.4, -0.2) is 23.8 Å². The van der Waals surface area contributed by atoms with E-state index >= 15 is 0 Å². The molecule has 0 radical (unpaired) electrons. The van der Waals surface area contributed by atoms with E-state index in [2.05, 4.69) is 12.2 Å². The normalized spacial score (nSPS) is 28.4. The second kappa shape index (κ2) is 4.97. The summed E-state index contributed by atoms with van der Waals surface area (Å²) in [5.74, 6) is 0.466. The maximum absolute atomic E-state index is 10.2. The molecule has 1 aliphatic rings. The Morgan fingerprint density at radius 1 is 1.54 bits per heavy atom. The van der Waals surface area contributed by atoms with Gasteiger partial charge < -0.3 is 10.4 Å². The second-order valence-electron chi connectivity index (χ2n) is 4.50. The standard InChI is InChI=1S/C11H23NO/c1-3-4-7-11(2,13)10-6-5-8-12-9-10/h10,12-13H,3-9H2,1-2H3. The largest absolute Gasteiger partial charge is 0.390 e. The number of nitrogens with one attached hydrogen (secondary N) is 1. The van der Waals surface area contributed by atoms with Crippen LogP contribution in [0.1, 0.15) is 46.0 Å². The average Bonchev–Trinajstić information content (AvgIpc) is 2.16. The van der Waals surface area contributed by atoms with E-state index in [0.29, 0.717) is 5.92 Å². The molecule has 0 amide bonds. The van der Waals surface area contributed by atoms with Gasteiger partial charge in [-0.1, -0.05) is 19.8 Å². The predicted molar refractivity (Wildman–Crippen MR) is 55.7 cm³/mol. The van der Waals surface area contributed by atoms with Crippen LogP contribution in [0.15, 0.2) is 0 Å². The van der Waals surface area contributed by atoms with E-state index in [1.807, 2.05) is 6.92 Å². The van der Waals surface area contributed by atoms with Crippen molar-refractivity contribution in [3.63, 3.8) is 0 Å². The summed E-state index contributed by atoms with van der Waals surface area (Å²) in [5, 5.41) is 13.6. The lowest BCUT2D eigenvalue weighted by Gasteiger charge is -2.36. The highest BCUT2D eigenvalue weighted by molar-refractivity contribution is 4.85. The molecule has 1 fully saturated rings. The Morgan fingerprint density at radius 3 is 2.85 bits per heavy atom. The van der Waals surface area contributed by atoms with Gasteiger partial charge in [-0.3, -0.25) is 0 Å². The molecule has 13 heavy (non-hydrogen) atoms. The van der Waals surface area contributed by atoms with E-state index in [4.69, 9.17) is 0 Å². The quantitative estimate of drug-likeness (QED) is 0.701. The van der Waals surface area contributed by atoms with Gasteiger partial charge in [0.2, 0.25) is 0 Å². The van der Waals surface area contributed by atoms with Crippen molar-refractivity contribution in [1.82, 2.24) is 5.32 Å². The molecule has 78 valence electrons. The third-order valence-corrected chi connectivity index (χ3v) is 3.21. The fourth-order valence-electron chi connectivity index (χ4n) is 2.12. The highest BCUT2D eigenvalue weighted by atomic mass is 16.3. The van der Waals surface area contributed by atoms with E-state index in [9.17, 15) is 5.11 Å². The van der Waals surface area contributed by atoms with Gasteiger partial charge in [0, 0.05) is 6.54 Å². The SMILES string of the molecule is CCCCC(C)(O)C1CCCNC1. The Hall–Kier alpha value is -0.0800. The molecule has 2 unspecified atom stereocenters. The van der Waals surface area contributed by atoms with Gasteiger partial charge in [-0.2, -0.15) is 0 Å². The number of aliphatic hydroxyl groups is 1. The van der Waals surface area contributed by atoms with E-state index in [1.165, 1.54) is 19.3 Å². The van der Waals surface area contributed by atoms with E-state index in [0.717, 1.165) is 25.9 Å². The van der Waals surface area contributed by atoms with Crippen LogP contribution in [-0.2, 0) is 0 Å². The molecular formula is C11H23NO. The number of hydrogen-bond donors (Lipinski definition) is 2. The predicted octanol–water partition coefficient (Wildman–Crippen LogP) is 1.93. The van der Waals surface area contributed by atoms with Crippen LogP contribution in [0.5, 0.6) is 0 Å². The number of rotatable bonds is 4. The molecule has 0 aromatic carbocycles. The van der Waals surface area contributed by atoms with Crippen LogP contribution >= 0.6 is 0 Å². The Bertz CT molecular complexity index is 139. The van der Waals surface area contributed by atoms with Crippen molar-refractivity contribution in [1.29, 1.82) is 0 Å². The molecule has 1 heterocycles. The first-order valence-corrected chi connectivity index (χ1v) is 5.60. The van der Waals surface area contributed by atoms with Gasteiger partial charge in [0.15, 0.2) is 0 Å². The highest BCUT2D eigenvalue weighted by Crippen LogP contribution is 2.28. The number of hydrogen-bond acceptors (Lipinski definition) is 2. The zero-order chi connectivity index (χ0) is 9.73. The van der Waals surface area contributed by atoms with E-state index < -0.39 is 5.60 Å². The van der Waals surface area contributed by atoms with Crippen LogP contribution in [0.25, 0.3) is 0 Å². The summed E-state index contributed by atoms with van der Waals surface area (Å²) in [6.45, 7) is 6.30. The Kier molecular flexibility index (Phi) is 4.20. The molecule has 0 saturated carbocycles. The first-order valence-electron chi connectivity index (χ1n) is 5.60. The molecule has 2 heteroatoms. The molecule has 1 rings (SSSR count). The van der Waals surface area contributed by atoms with Crippen molar-refractivity contribution in [2.24, 2.45) is 5.92 Å². The minimum absolute atomic E-state index is 0.441. The third kappa shape index (κ3) is 3.28. The van der Waals surface area contributed by atoms with Crippen molar-refractivity contribution < 1.29 is 5.11 Å². The lowest BCUT2D eigenvalue weighted by atomic mass is 9.80. The minimum atomic E-state index is -0.441. The topological polar surface area (TPSA) is 32.3 Å². The monoisotopic (exact) mass is 185 g/mol. The Labute approximate surface area is 81.7 Å². The fourth-order valence-corrected chi connectivity index (χ4v) is 2.12. The molecule has 2 N–H and O–H groups in total. The lowest BCUT2D eigenvalue weighted by Crippen LogP contribution is -2.44. The van der Waals surface area contributed by atoms with Gasteiger partial charge >= 0.3 is 0 Å². The molecule has 2 atom stereocenters. The van der Waals surface area contributed by atoms with Gasteiger partial charge in [-0.05, 0) is 38.6 Å². The highest BCUT2D eigenvalue weighted by Gasteiger charge is 2.31. The van der Waals surface area contributed by atoms with Gasteiger partial charge in [0.1, 0.15) is 0 Å². The summed E-state index contributed by atoms with van der Waals surface area (Å²) < 4.78 is 0. The second-order valence-corrected chi connectivity index (χ2v) is 4.50. The van der Waals surface area contributed by atoms with Gasteiger partial charge in [0.05, 0.1) is 5.60 Å².